The summed E-state index contributed by atoms with van der Waals surface area (Å²) < 4.78 is 0.997. The number of amides is 1. The van der Waals surface area contributed by atoms with Crippen LogP contribution in [-0.2, 0) is 0 Å². The summed E-state index contributed by atoms with van der Waals surface area (Å²) in [5.74, 6) is 0.200. The summed E-state index contributed by atoms with van der Waals surface area (Å²) in [5.41, 5.74) is 2.11. The Bertz CT molecular complexity index is 664. The zero-order valence-corrected chi connectivity index (χ0v) is 13.9. The van der Waals surface area contributed by atoms with Gasteiger partial charge in [0.1, 0.15) is 5.69 Å². The topological polar surface area (TPSA) is 69.2 Å². The van der Waals surface area contributed by atoms with Crippen molar-refractivity contribution in [2.75, 3.05) is 13.6 Å². The molecule has 1 heterocycles. The number of H-pyrrole nitrogens is 1. The number of halogens is 1. The fraction of sp³-hybridized carbons (Fsp3) is 0.375. The summed E-state index contributed by atoms with van der Waals surface area (Å²) in [7, 11) is 1.70. The second-order valence-corrected chi connectivity index (χ2v) is 6.68. The zero-order chi connectivity index (χ0) is 15.7. The molecule has 116 valence electrons. The van der Waals surface area contributed by atoms with Gasteiger partial charge in [0.2, 0.25) is 0 Å². The van der Waals surface area contributed by atoms with E-state index in [9.17, 15) is 9.90 Å². The van der Waals surface area contributed by atoms with Crippen LogP contribution < -0.4 is 0 Å². The van der Waals surface area contributed by atoms with Gasteiger partial charge >= 0.3 is 0 Å². The maximum absolute atomic E-state index is 12.4. The largest absolute Gasteiger partial charge is 0.391 e. The van der Waals surface area contributed by atoms with Crippen LogP contribution in [0.4, 0.5) is 0 Å². The molecule has 5 nitrogen and oxygen atoms in total. The van der Waals surface area contributed by atoms with Gasteiger partial charge in [0, 0.05) is 23.6 Å². The highest BCUT2D eigenvalue weighted by molar-refractivity contribution is 9.10. The predicted octanol–water partition coefficient (Wildman–Crippen LogP) is 2.68. The Morgan fingerprint density at radius 1 is 1.45 bits per heavy atom. The average molecular weight is 364 g/mol. The molecule has 1 amide bonds. The molecule has 1 aliphatic carbocycles. The molecule has 1 fully saturated rings. The van der Waals surface area contributed by atoms with Crippen LogP contribution in [0.15, 0.2) is 34.8 Å². The zero-order valence-electron chi connectivity index (χ0n) is 12.3. The molecule has 3 rings (SSSR count). The minimum Gasteiger partial charge on any atom is -0.391 e. The molecule has 1 aromatic heterocycles. The number of hydrogen-bond donors (Lipinski definition) is 2. The molecule has 0 radical (unpaired) electrons. The minimum absolute atomic E-state index is 0.157. The summed E-state index contributed by atoms with van der Waals surface area (Å²) in [6.07, 6.45) is 1.69. The summed E-state index contributed by atoms with van der Waals surface area (Å²) in [6, 6.07) is 9.49. The van der Waals surface area contributed by atoms with E-state index in [-0.39, 0.29) is 5.91 Å². The molecule has 2 aromatic rings. The van der Waals surface area contributed by atoms with Gasteiger partial charge in [-0.3, -0.25) is 9.89 Å². The summed E-state index contributed by atoms with van der Waals surface area (Å²) in [6.45, 7) is 0.357. The third kappa shape index (κ3) is 3.39. The van der Waals surface area contributed by atoms with Gasteiger partial charge in [-0.05, 0) is 37.0 Å². The SMILES string of the molecule is CN(CC(O)C1CC1)C(=O)c1cc(-c2ccc(Br)cc2)n[nH]1. The molecule has 0 saturated heterocycles. The molecule has 1 aromatic carbocycles. The van der Waals surface area contributed by atoms with Crippen LogP contribution in [0.3, 0.4) is 0 Å². The van der Waals surface area contributed by atoms with E-state index in [0.29, 0.717) is 18.2 Å². The highest BCUT2D eigenvalue weighted by Gasteiger charge is 2.31. The number of carbonyl (C=O) groups is 1. The summed E-state index contributed by atoms with van der Waals surface area (Å²) in [4.78, 5) is 13.9. The predicted molar refractivity (Wildman–Crippen MR) is 87.4 cm³/mol. The number of benzene rings is 1. The van der Waals surface area contributed by atoms with E-state index in [1.54, 1.807) is 18.0 Å². The van der Waals surface area contributed by atoms with Crippen LogP contribution in [0.1, 0.15) is 23.3 Å². The second kappa shape index (κ2) is 6.22. The number of hydrogen-bond acceptors (Lipinski definition) is 3. The van der Waals surface area contributed by atoms with Gasteiger partial charge in [-0.25, -0.2) is 0 Å². The number of nitrogens with one attached hydrogen (secondary N) is 1. The molecule has 0 aliphatic heterocycles. The van der Waals surface area contributed by atoms with Gasteiger partial charge in [-0.15, -0.1) is 0 Å². The molecular formula is C16H18BrN3O2. The molecule has 6 heteroatoms. The lowest BCUT2D eigenvalue weighted by Gasteiger charge is -2.19. The average Bonchev–Trinajstić information content (AvgIpc) is 3.25. The van der Waals surface area contributed by atoms with Crippen molar-refractivity contribution in [3.05, 3.63) is 40.5 Å². The third-order valence-electron chi connectivity index (χ3n) is 3.92. The number of carbonyl (C=O) groups excluding carboxylic acids is 1. The number of aliphatic hydroxyl groups is 1. The lowest BCUT2D eigenvalue weighted by atomic mass is 10.1. The first kappa shape index (κ1) is 15.2. The number of nitrogens with zero attached hydrogens (tertiary/aromatic N) is 2. The van der Waals surface area contributed by atoms with Gasteiger partial charge in [0.15, 0.2) is 0 Å². The van der Waals surface area contributed by atoms with Crippen molar-refractivity contribution in [2.24, 2.45) is 5.92 Å². The van der Waals surface area contributed by atoms with Crippen molar-refractivity contribution < 1.29 is 9.90 Å². The van der Waals surface area contributed by atoms with Crippen molar-refractivity contribution in [1.29, 1.82) is 0 Å². The van der Waals surface area contributed by atoms with Crippen LogP contribution in [0.5, 0.6) is 0 Å². The van der Waals surface area contributed by atoms with E-state index in [4.69, 9.17) is 0 Å². The van der Waals surface area contributed by atoms with Gasteiger partial charge in [0.25, 0.3) is 5.91 Å². The van der Waals surface area contributed by atoms with Crippen LogP contribution in [0, 0.1) is 5.92 Å². The second-order valence-electron chi connectivity index (χ2n) is 5.76. The maximum Gasteiger partial charge on any atom is 0.271 e. The number of aromatic amines is 1. The Balaban J connectivity index is 1.69. The Labute approximate surface area is 137 Å². The monoisotopic (exact) mass is 363 g/mol. The maximum atomic E-state index is 12.4. The standard InChI is InChI=1S/C16H18BrN3O2/c1-20(9-15(21)11-2-3-11)16(22)14-8-13(18-19-14)10-4-6-12(17)7-5-10/h4-8,11,15,21H,2-3,9H2,1H3,(H,18,19). The molecule has 1 atom stereocenters. The van der Waals surface area contributed by atoms with Gasteiger partial charge in [-0.2, -0.15) is 5.10 Å². The van der Waals surface area contributed by atoms with Crippen LogP contribution in [-0.4, -0.2) is 45.8 Å². The Morgan fingerprint density at radius 2 is 2.14 bits per heavy atom. The van der Waals surface area contributed by atoms with Crippen molar-refractivity contribution in [1.82, 2.24) is 15.1 Å². The van der Waals surface area contributed by atoms with Crippen molar-refractivity contribution in [2.45, 2.75) is 18.9 Å². The molecule has 0 bridgehead atoms. The van der Waals surface area contributed by atoms with Crippen molar-refractivity contribution in [3.63, 3.8) is 0 Å². The summed E-state index contributed by atoms with van der Waals surface area (Å²) >= 11 is 3.39. The van der Waals surface area contributed by atoms with Crippen LogP contribution in [0.25, 0.3) is 11.3 Å². The smallest absolute Gasteiger partial charge is 0.271 e. The normalized spacial score (nSPS) is 15.6. The highest BCUT2D eigenvalue weighted by atomic mass is 79.9. The molecule has 2 N–H and O–H groups in total. The minimum atomic E-state index is -0.428. The van der Waals surface area contributed by atoms with E-state index in [0.717, 1.165) is 28.6 Å². The van der Waals surface area contributed by atoms with Gasteiger partial charge in [-0.1, -0.05) is 28.1 Å². The van der Waals surface area contributed by atoms with E-state index >= 15 is 0 Å². The Morgan fingerprint density at radius 3 is 2.77 bits per heavy atom. The lowest BCUT2D eigenvalue weighted by molar-refractivity contribution is 0.0640. The first-order chi connectivity index (χ1) is 10.5. The number of aliphatic hydroxyl groups excluding tert-OH is 1. The van der Waals surface area contributed by atoms with E-state index in [2.05, 4.69) is 26.1 Å². The van der Waals surface area contributed by atoms with Gasteiger partial charge < -0.3 is 10.0 Å². The van der Waals surface area contributed by atoms with Crippen LogP contribution >= 0.6 is 15.9 Å². The molecule has 1 aliphatic rings. The van der Waals surface area contributed by atoms with Gasteiger partial charge in [0.05, 0.1) is 11.8 Å². The number of likely N-dealkylation sites (N-methyl/N-ethyl adjacent to an activating group) is 1. The Hall–Kier alpha value is -1.66. The summed E-state index contributed by atoms with van der Waals surface area (Å²) in [5, 5.41) is 16.9. The first-order valence-electron chi connectivity index (χ1n) is 7.29. The highest BCUT2D eigenvalue weighted by Crippen LogP contribution is 2.32. The fourth-order valence-electron chi connectivity index (χ4n) is 2.40. The molecular weight excluding hydrogens is 346 g/mol. The lowest BCUT2D eigenvalue weighted by Crippen LogP contribution is -2.35. The van der Waals surface area contributed by atoms with E-state index in [1.165, 1.54) is 0 Å². The number of aromatic nitrogens is 2. The van der Waals surface area contributed by atoms with E-state index < -0.39 is 6.10 Å². The Kier molecular flexibility index (Phi) is 4.31. The fourth-order valence-corrected chi connectivity index (χ4v) is 2.66. The molecule has 1 unspecified atom stereocenters. The van der Waals surface area contributed by atoms with Crippen LogP contribution in [0.2, 0.25) is 0 Å². The van der Waals surface area contributed by atoms with Crippen molar-refractivity contribution >= 4 is 21.8 Å². The quantitative estimate of drug-likeness (QED) is 0.857. The molecule has 22 heavy (non-hydrogen) atoms. The van der Waals surface area contributed by atoms with Crippen molar-refractivity contribution in [3.8, 4) is 11.3 Å². The first-order valence-corrected chi connectivity index (χ1v) is 8.09. The molecule has 0 spiro atoms. The van der Waals surface area contributed by atoms with E-state index in [1.807, 2.05) is 24.3 Å². The number of rotatable bonds is 5. The molecule has 1 saturated carbocycles. The third-order valence-corrected chi connectivity index (χ3v) is 4.45.